The average molecular weight is 209 g/mol. The Kier molecular flexibility index (Phi) is 4.03. The molecular formula is C10H15N3O2. The fourth-order valence-corrected chi connectivity index (χ4v) is 1.31. The Bertz CT molecular complexity index is 314. The molecule has 5 heteroatoms. The number of aromatic nitrogens is 2. The molecule has 0 atom stereocenters. The van der Waals surface area contributed by atoms with Crippen LogP contribution >= 0.6 is 0 Å². The fourth-order valence-electron chi connectivity index (χ4n) is 1.31. The maximum Gasteiger partial charge on any atom is 0.305 e. The molecule has 1 rings (SSSR count). The first-order chi connectivity index (χ1) is 7.11. The third-order valence-electron chi connectivity index (χ3n) is 2.05. The summed E-state index contributed by atoms with van der Waals surface area (Å²) in [4.78, 5) is 20.4. The van der Waals surface area contributed by atoms with Crippen molar-refractivity contribution in [2.75, 3.05) is 11.4 Å². The summed E-state index contributed by atoms with van der Waals surface area (Å²) in [5, 5.41) is 8.63. The predicted octanol–water partition coefficient (Wildman–Crippen LogP) is 1.17. The van der Waals surface area contributed by atoms with E-state index in [-0.39, 0.29) is 12.5 Å². The van der Waals surface area contributed by atoms with Crippen molar-refractivity contribution >= 4 is 11.8 Å². The van der Waals surface area contributed by atoms with Gasteiger partial charge in [0.15, 0.2) is 0 Å². The largest absolute Gasteiger partial charge is 0.481 e. The van der Waals surface area contributed by atoms with Gasteiger partial charge in [0.1, 0.15) is 12.1 Å². The zero-order valence-electron chi connectivity index (χ0n) is 8.92. The molecule has 0 amide bonds. The minimum atomic E-state index is -0.797. The summed E-state index contributed by atoms with van der Waals surface area (Å²) in [6.07, 6.45) is 3.23. The van der Waals surface area contributed by atoms with E-state index in [1.165, 1.54) is 6.33 Å². The first-order valence-electron chi connectivity index (χ1n) is 4.85. The highest BCUT2D eigenvalue weighted by Gasteiger charge is 2.12. The first kappa shape index (κ1) is 11.4. The van der Waals surface area contributed by atoms with E-state index < -0.39 is 5.97 Å². The Morgan fingerprint density at radius 3 is 2.80 bits per heavy atom. The summed E-state index contributed by atoms with van der Waals surface area (Å²) in [5.74, 6) is -0.0315. The summed E-state index contributed by atoms with van der Waals surface area (Å²) in [6.45, 7) is 4.47. The highest BCUT2D eigenvalue weighted by molar-refractivity contribution is 5.67. The van der Waals surface area contributed by atoms with Crippen LogP contribution < -0.4 is 4.90 Å². The number of hydrogen-bond donors (Lipinski definition) is 1. The van der Waals surface area contributed by atoms with Crippen LogP contribution in [0.25, 0.3) is 0 Å². The molecular weight excluding hydrogens is 194 g/mol. The number of nitrogens with zero attached hydrogens (tertiary/aromatic N) is 3. The normalized spacial score (nSPS) is 10.3. The summed E-state index contributed by atoms with van der Waals surface area (Å²) in [6, 6.07) is 2.00. The van der Waals surface area contributed by atoms with Crippen molar-refractivity contribution in [1.29, 1.82) is 0 Å². The monoisotopic (exact) mass is 209 g/mol. The SMILES string of the molecule is CC(C)N(CCC(=O)O)c1ccncn1. The lowest BCUT2D eigenvalue weighted by Gasteiger charge is -2.26. The lowest BCUT2D eigenvalue weighted by atomic mass is 10.3. The number of aliphatic carboxylic acids is 1. The van der Waals surface area contributed by atoms with Crippen molar-refractivity contribution in [3.8, 4) is 0 Å². The van der Waals surface area contributed by atoms with E-state index in [4.69, 9.17) is 5.11 Å². The Hall–Kier alpha value is -1.65. The van der Waals surface area contributed by atoms with Crippen molar-refractivity contribution in [2.24, 2.45) is 0 Å². The summed E-state index contributed by atoms with van der Waals surface area (Å²) >= 11 is 0. The van der Waals surface area contributed by atoms with Crippen molar-refractivity contribution in [3.63, 3.8) is 0 Å². The lowest BCUT2D eigenvalue weighted by molar-refractivity contribution is -0.136. The molecule has 0 spiro atoms. The fraction of sp³-hybridized carbons (Fsp3) is 0.500. The quantitative estimate of drug-likeness (QED) is 0.788. The Labute approximate surface area is 88.8 Å². The summed E-state index contributed by atoms with van der Waals surface area (Å²) in [5.41, 5.74) is 0. The molecule has 0 aliphatic rings. The third-order valence-corrected chi connectivity index (χ3v) is 2.05. The molecule has 1 aromatic heterocycles. The highest BCUT2D eigenvalue weighted by Crippen LogP contribution is 2.12. The van der Waals surface area contributed by atoms with Gasteiger partial charge >= 0.3 is 5.97 Å². The molecule has 0 saturated heterocycles. The van der Waals surface area contributed by atoms with Gasteiger partial charge in [0.2, 0.25) is 0 Å². The van der Waals surface area contributed by atoms with Gasteiger partial charge < -0.3 is 10.0 Å². The number of rotatable bonds is 5. The number of carboxylic acids is 1. The molecule has 0 aliphatic carbocycles. The van der Waals surface area contributed by atoms with Crippen LogP contribution in [-0.4, -0.2) is 33.6 Å². The molecule has 15 heavy (non-hydrogen) atoms. The van der Waals surface area contributed by atoms with E-state index in [1.54, 1.807) is 12.3 Å². The molecule has 82 valence electrons. The van der Waals surface area contributed by atoms with Gasteiger partial charge in [-0.25, -0.2) is 9.97 Å². The molecule has 0 radical (unpaired) electrons. The van der Waals surface area contributed by atoms with Crippen molar-refractivity contribution in [2.45, 2.75) is 26.3 Å². The minimum Gasteiger partial charge on any atom is -0.481 e. The van der Waals surface area contributed by atoms with Crippen LogP contribution in [0.3, 0.4) is 0 Å². The standard InChI is InChI=1S/C10H15N3O2/c1-8(2)13(6-4-10(14)15)9-3-5-11-7-12-9/h3,5,7-8H,4,6H2,1-2H3,(H,14,15). The van der Waals surface area contributed by atoms with Gasteiger partial charge in [-0.3, -0.25) is 4.79 Å². The van der Waals surface area contributed by atoms with Crippen LogP contribution in [0.15, 0.2) is 18.6 Å². The Morgan fingerprint density at radius 2 is 2.33 bits per heavy atom. The zero-order valence-corrected chi connectivity index (χ0v) is 8.92. The van der Waals surface area contributed by atoms with Crippen LogP contribution in [0.2, 0.25) is 0 Å². The lowest BCUT2D eigenvalue weighted by Crippen LogP contribution is -2.33. The molecule has 0 unspecified atom stereocenters. The van der Waals surface area contributed by atoms with Crippen LogP contribution in [0, 0.1) is 0 Å². The topological polar surface area (TPSA) is 66.3 Å². The molecule has 5 nitrogen and oxygen atoms in total. The predicted molar refractivity (Wildman–Crippen MR) is 56.8 cm³/mol. The van der Waals surface area contributed by atoms with E-state index in [9.17, 15) is 4.79 Å². The summed E-state index contributed by atoms with van der Waals surface area (Å²) < 4.78 is 0. The van der Waals surface area contributed by atoms with Crippen molar-refractivity contribution in [3.05, 3.63) is 18.6 Å². The number of anilines is 1. The maximum absolute atomic E-state index is 10.5. The van der Waals surface area contributed by atoms with E-state index in [1.807, 2.05) is 18.7 Å². The second-order valence-corrected chi connectivity index (χ2v) is 3.50. The van der Waals surface area contributed by atoms with Gasteiger partial charge in [-0.15, -0.1) is 0 Å². The Balaban J connectivity index is 2.70. The van der Waals surface area contributed by atoms with Crippen LogP contribution in [0.5, 0.6) is 0 Å². The molecule has 1 aromatic rings. The molecule has 0 saturated carbocycles. The van der Waals surface area contributed by atoms with Gasteiger partial charge in [0, 0.05) is 18.8 Å². The van der Waals surface area contributed by atoms with Crippen LogP contribution in [-0.2, 0) is 4.79 Å². The molecule has 0 aliphatic heterocycles. The number of carbonyl (C=O) groups is 1. The molecule has 1 heterocycles. The maximum atomic E-state index is 10.5. The molecule has 0 fully saturated rings. The highest BCUT2D eigenvalue weighted by atomic mass is 16.4. The van der Waals surface area contributed by atoms with E-state index in [2.05, 4.69) is 9.97 Å². The zero-order chi connectivity index (χ0) is 11.3. The molecule has 0 bridgehead atoms. The minimum absolute atomic E-state index is 0.113. The van der Waals surface area contributed by atoms with Crippen molar-refractivity contribution < 1.29 is 9.90 Å². The molecule has 0 aromatic carbocycles. The van der Waals surface area contributed by atoms with Crippen molar-refractivity contribution in [1.82, 2.24) is 9.97 Å². The Morgan fingerprint density at radius 1 is 1.60 bits per heavy atom. The second-order valence-electron chi connectivity index (χ2n) is 3.50. The average Bonchev–Trinajstić information content (AvgIpc) is 2.18. The number of hydrogen-bond acceptors (Lipinski definition) is 4. The number of carboxylic acid groups (broad SMARTS) is 1. The van der Waals surface area contributed by atoms with Gasteiger partial charge in [-0.1, -0.05) is 0 Å². The van der Waals surface area contributed by atoms with Crippen LogP contribution in [0.1, 0.15) is 20.3 Å². The van der Waals surface area contributed by atoms with Gasteiger partial charge in [-0.05, 0) is 19.9 Å². The summed E-state index contributed by atoms with van der Waals surface area (Å²) in [7, 11) is 0. The van der Waals surface area contributed by atoms with E-state index >= 15 is 0 Å². The molecule has 1 N–H and O–H groups in total. The first-order valence-corrected chi connectivity index (χ1v) is 4.85. The smallest absolute Gasteiger partial charge is 0.305 e. The van der Waals surface area contributed by atoms with E-state index in [0.717, 1.165) is 5.82 Å². The van der Waals surface area contributed by atoms with E-state index in [0.29, 0.717) is 6.54 Å². The van der Waals surface area contributed by atoms with Gasteiger partial charge in [0.05, 0.1) is 6.42 Å². The van der Waals surface area contributed by atoms with Crippen LogP contribution in [0.4, 0.5) is 5.82 Å². The van der Waals surface area contributed by atoms with Gasteiger partial charge in [0.25, 0.3) is 0 Å². The third kappa shape index (κ3) is 3.53. The second kappa shape index (κ2) is 5.29. The van der Waals surface area contributed by atoms with Gasteiger partial charge in [-0.2, -0.15) is 0 Å².